The Labute approximate surface area is 189 Å². The van der Waals surface area contributed by atoms with Crippen molar-refractivity contribution in [3.8, 4) is 17.6 Å². The molecule has 9 nitrogen and oxygen atoms in total. The fraction of sp³-hybridized carbons (Fsp3) is 0.273. The molecule has 2 aromatic carbocycles. The average Bonchev–Trinajstić information content (AvgIpc) is 2.83. The SMILES string of the molecule is COc1ccc(N2CSC3=C(C#N)[C@@H](c4cccc([N+](=O)[O-])c4)CC(=O)N3C2)c(OC)c1. The topological polar surface area (TPSA) is 109 Å². The number of carbonyl (C=O) groups excluding carboxylic acids is 1. The molecule has 0 aliphatic carbocycles. The highest BCUT2D eigenvalue weighted by atomic mass is 32.2. The molecule has 1 amide bonds. The van der Waals surface area contributed by atoms with Crippen molar-refractivity contribution in [1.82, 2.24) is 4.90 Å². The highest BCUT2D eigenvalue weighted by Crippen LogP contribution is 2.45. The molecule has 2 aliphatic heterocycles. The maximum absolute atomic E-state index is 13.1. The van der Waals surface area contributed by atoms with E-state index in [0.29, 0.717) is 33.5 Å². The normalized spacial score (nSPS) is 18.2. The molecule has 2 aromatic rings. The molecule has 4 rings (SSSR count). The zero-order valence-electron chi connectivity index (χ0n) is 17.5. The Morgan fingerprint density at radius 3 is 2.72 bits per heavy atom. The van der Waals surface area contributed by atoms with Crippen LogP contribution in [0.25, 0.3) is 0 Å². The number of methoxy groups -OCH3 is 2. The van der Waals surface area contributed by atoms with Crippen LogP contribution in [0.1, 0.15) is 17.9 Å². The number of allylic oxidation sites excluding steroid dienone is 1. The Kier molecular flexibility index (Phi) is 5.92. The van der Waals surface area contributed by atoms with Crippen molar-refractivity contribution in [2.24, 2.45) is 0 Å². The molecular weight excluding hydrogens is 432 g/mol. The fourth-order valence-electron chi connectivity index (χ4n) is 3.90. The lowest BCUT2D eigenvalue weighted by Gasteiger charge is -2.42. The summed E-state index contributed by atoms with van der Waals surface area (Å²) in [6.07, 6.45) is 0.0711. The molecule has 0 unspecified atom stereocenters. The standard InChI is InChI=1S/C22H20N4O5S/c1-30-16-6-7-19(20(9-16)31-2)24-12-25-21(27)10-17(18(11-23)22(25)32-13-24)14-4-3-5-15(8-14)26(28)29/h3-9,17H,10,12-13H2,1-2H3/t17-/m1/s1. The van der Waals surface area contributed by atoms with Gasteiger partial charge in [0.2, 0.25) is 5.91 Å². The second-order valence-electron chi connectivity index (χ2n) is 7.25. The number of rotatable bonds is 5. The quantitative estimate of drug-likeness (QED) is 0.497. The lowest BCUT2D eigenvalue weighted by atomic mass is 9.86. The second kappa shape index (κ2) is 8.80. The van der Waals surface area contributed by atoms with Gasteiger partial charge in [-0.05, 0) is 17.7 Å². The van der Waals surface area contributed by atoms with Crippen LogP contribution in [-0.2, 0) is 4.79 Å². The molecule has 0 radical (unpaired) electrons. The molecule has 0 N–H and O–H groups in total. The molecule has 10 heteroatoms. The van der Waals surface area contributed by atoms with Crippen molar-refractivity contribution in [1.29, 1.82) is 5.26 Å². The van der Waals surface area contributed by atoms with Crippen LogP contribution in [0.5, 0.6) is 11.5 Å². The van der Waals surface area contributed by atoms with Gasteiger partial charge >= 0.3 is 0 Å². The minimum atomic E-state index is -0.506. The molecule has 2 aliphatic rings. The first-order chi connectivity index (χ1) is 15.5. The Bertz CT molecular complexity index is 1160. The number of fused-ring (bicyclic) bond motifs is 1. The first-order valence-electron chi connectivity index (χ1n) is 9.75. The molecule has 1 fully saturated rings. The summed E-state index contributed by atoms with van der Waals surface area (Å²) in [7, 11) is 3.15. The Balaban J connectivity index is 1.67. The molecular formula is C22H20N4O5S. The van der Waals surface area contributed by atoms with E-state index < -0.39 is 10.8 Å². The van der Waals surface area contributed by atoms with Gasteiger partial charge in [0.1, 0.15) is 11.5 Å². The lowest BCUT2D eigenvalue weighted by molar-refractivity contribution is -0.384. The number of non-ortho nitro benzene ring substituents is 1. The first kappa shape index (κ1) is 21.5. The van der Waals surface area contributed by atoms with Gasteiger partial charge in [0.25, 0.3) is 5.69 Å². The molecule has 0 spiro atoms. The molecule has 164 valence electrons. The van der Waals surface area contributed by atoms with E-state index in [4.69, 9.17) is 9.47 Å². The van der Waals surface area contributed by atoms with E-state index in [9.17, 15) is 20.2 Å². The van der Waals surface area contributed by atoms with Crippen LogP contribution in [0.2, 0.25) is 0 Å². The Morgan fingerprint density at radius 2 is 2.03 bits per heavy atom. The number of nitrogens with zero attached hydrogens (tertiary/aromatic N) is 4. The van der Waals surface area contributed by atoms with E-state index >= 15 is 0 Å². The smallest absolute Gasteiger partial charge is 0.269 e. The third-order valence-corrected chi connectivity index (χ3v) is 6.66. The molecule has 2 heterocycles. The fourth-order valence-corrected chi connectivity index (χ4v) is 5.06. The number of nitro groups is 1. The number of nitro benzene ring substituents is 1. The summed E-state index contributed by atoms with van der Waals surface area (Å²) >= 11 is 1.39. The van der Waals surface area contributed by atoms with Gasteiger partial charge in [-0.2, -0.15) is 5.26 Å². The summed E-state index contributed by atoms with van der Waals surface area (Å²) in [5.41, 5.74) is 1.80. The summed E-state index contributed by atoms with van der Waals surface area (Å²) in [6.45, 7) is 0.274. The van der Waals surface area contributed by atoms with E-state index in [1.807, 2.05) is 17.0 Å². The summed E-state index contributed by atoms with van der Waals surface area (Å²) in [5, 5.41) is 21.7. The van der Waals surface area contributed by atoms with Crippen molar-refractivity contribution < 1.29 is 19.2 Å². The minimum absolute atomic E-state index is 0.0614. The molecule has 1 saturated heterocycles. The van der Waals surface area contributed by atoms with Crippen LogP contribution in [0.15, 0.2) is 53.1 Å². The maximum atomic E-state index is 13.1. The van der Waals surface area contributed by atoms with Crippen molar-refractivity contribution in [2.45, 2.75) is 12.3 Å². The van der Waals surface area contributed by atoms with Gasteiger partial charge in [-0.25, -0.2) is 0 Å². The van der Waals surface area contributed by atoms with Crippen LogP contribution in [0.4, 0.5) is 11.4 Å². The number of thioether (sulfide) groups is 1. The van der Waals surface area contributed by atoms with E-state index in [1.165, 1.54) is 23.9 Å². The predicted molar refractivity (Wildman–Crippen MR) is 119 cm³/mol. The van der Waals surface area contributed by atoms with Gasteiger partial charge in [-0.3, -0.25) is 19.8 Å². The number of ether oxygens (including phenoxy) is 2. The number of nitriles is 1. The van der Waals surface area contributed by atoms with Crippen LogP contribution >= 0.6 is 11.8 Å². The van der Waals surface area contributed by atoms with Gasteiger partial charge in [-0.1, -0.05) is 23.9 Å². The minimum Gasteiger partial charge on any atom is -0.497 e. The van der Waals surface area contributed by atoms with Crippen LogP contribution in [-0.4, -0.2) is 42.5 Å². The van der Waals surface area contributed by atoms with Gasteiger partial charge in [0.05, 0.1) is 54.0 Å². The first-order valence-corrected chi connectivity index (χ1v) is 10.7. The predicted octanol–water partition coefficient (Wildman–Crippen LogP) is 3.83. The van der Waals surface area contributed by atoms with Gasteiger partial charge in [0.15, 0.2) is 0 Å². The van der Waals surface area contributed by atoms with Gasteiger partial charge in [0, 0.05) is 30.5 Å². The number of carbonyl (C=O) groups is 1. The molecule has 32 heavy (non-hydrogen) atoms. The summed E-state index contributed by atoms with van der Waals surface area (Å²) in [4.78, 5) is 27.4. The van der Waals surface area contributed by atoms with Crippen molar-refractivity contribution >= 4 is 29.0 Å². The van der Waals surface area contributed by atoms with Crippen LogP contribution in [0.3, 0.4) is 0 Å². The van der Waals surface area contributed by atoms with Crippen LogP contribution < -0.4 is 14.4 Å². The largest absolute Gasteiger partial charge is 0.497 e. The van der Waals surface area contributed by atoms with Gasteiger partial charge in [-0.15, -0.1) is 0 Å². The van der Waals surface area contributed by atoms with E-state index in [2.05, 4.69) is 6.07 Å². The number of amides is 1. The summed E-state index contributed by atoms with van der Waals surface area (Å²) in [6, 6.07) is 13.9. The third kappa shape index (κ3) is 3.83. The van der Waals surface area contributed by atoms with Crippen molar-refractivity contribution in [3.05, 3.63) is 68.7 Å². The number of hydrogen-bond acceptors (Lipinski definition) is 8. The van der Waals surface area contributed by atoms with E-state index in [1.54, 1.807) is 37.3 Å². The summed E-state index contributed by atoms with van der Waals surface area (Å²) in [5.74, 6) is 1.15. The zero-order chi connectivity index (χ0) is 22.8. The second-order valence-corrected chi connectivity index (χ2v) is 8.19. The monoisotopic (exact) mass is 452 g/mol. The van der Waals surface area contributed by atoms with Crippen LogP contribution in [0, 0.1) is 21.4 Å². The molecule has 0 saturated carbocycles. The zero-order valence-corrected chi connectivity index (χ0v) is 18.3. The molecule has 0 bridgehead atoms. The van der Waals surface area contributed by atoms with E-state index in [-0.39, 0.29) is 24.7 Å². The number of benzene rings is 2. The number of anilines is 1. The Morgan fingerprint density at radius 1 is 1.22 bits per heavy atom. The van der Waals surface area contributed by atoms with Crippen molar-refractivity contribution in [2.75, 3.05) is 31.7 Å². The number of hydrogen-bond donors (Lipinski definition) is 0. The lowest BCUT2D eigenvalue weighted by Crippen LogP contribution is -2.47. The summed E-state index contributed by atoms with van der Waals surface area (Å²) < 4.78 is 10.8. The molecule has 0 aromatic heterocycles. The molecule has 1 atom stereocenters. The third-order valence-electron chi connectivity index (χ3n) is 5.50. The Hall–Kier alpha value is -3.71. The highest BCUT2D eigenvalue weighted by molar-refractivity contribution is 8.03. The van der Waals surface area contributed by atoms with Crippen molar-refractivity contribution in [3.63, 3.8) is 0 Å². The van der Waals surface area contributed by atoms with Gasteiger partial charge < -0.3 is 14.4 Å². The highest BCUT2D eigenvalue weighted by Gasteiger charge is 2.39. The van der Waals surface area contributed by atoms with E-state index in [0.717, 1.165) is 5.69 Å². The average molecular weight is 452 g/mol. The maximum Gasteiger partial charge on any atom is 0.269 e.